The molecule has 1 amide bonds. The maximum Gasteiger partial charge on any atom is 1.00 e. The molecule has 4 rings (SSSR count). The summed E-state index contributed by atoms with van der Waals surface area (Å²) in [5.41, 5.74) is -0.116. The third-order valence-electron chi connectivity index (χ3n) is 6.79. The van der Waals surface area contributed by atoms with Crippen LogP contribution in [0.25, 0.3) is 5.69 Å². The Morgan fingerprint density at radius 1 is 0.925 bits per heavy atom. The summed E-state index contributed by atoms with van der Waals surface area (Å²) in [6.45, 7) is 2.23. The molecule has 3 aromatic carbocycles. The first kappa shape index (κ1) is 51.5. The third kappa shape index (κ3) is 14.3. The van der Waals surface area contributed by atoms with Gasteiger partial charge in [-0.3, -0.25) is 4.79 Å². The molecule has 0 bridgehead atoms. The van der Waals surface area contributed by atoms with E-state index in [1.54, 1.807) is 17.9 Å². The molecule has 4 aromatic rings. The number of amides is 1. The zero-order chi connectivity index (χ0) is 37.0. The van der Waals surface area contributed by atoms with Crippen LogP contribution in [0.1, 0.15) is 29.3 Å². The summed E-state index contributed by atoms with van der Waals surface area (Å²) >= 11 is 12.5. The van der Waals surface area contributed by atoms with Crippen LogP contribution in [0.15, 0.2) is 80.8 Å². The molecule has 0 aliphatic heterocycles. The van der Waals surface area contributed by atoms with Gasteiger partial charge < -0.3 is 23.9 Å². The Kier molecular flexibility index (Phi) is 21.4. The van der Waals surface area contributed by atoms with Gasteiger partial charge in [0, 0.05) is 30.1 Å². The number of benzene rings is 3. The van der Waals surface area contributed by atoms with Crippen LogP contribution < -0.4 is 164 Å². The average molecular weight is 901 g/mol. The number of hydrogen-bond donors (Lipinski definition) is 1. The van der Waals surface area contributed by atoms with E-state index in [1.807, 2.05) is 6.07 Å². The Bertz CT molecular complexity index is 2370. The molecule has 0 aliphatic carbocycles. The maximum absolute atomic E-state index is 13.3. The molecule has 53 heavy (non-hydrogen) atoms. The molecular formula is C28H22Cl2K3N7O10S3. The predicted octanol–water partition coefficient (Wildman–Crippen LogP) is -4.70. The first-order valence-corrected chi connectivity index (χ1v) is 19.0. The van der Waals surface area contributed by atoms with Gasteiger partial charge in [-0.2, -0.15) is 10.4 Å². The Morgan fingerprint density at radius 2 is 1.55 bits per heavy atom. The van der Waals surface area contributed by atoms with Gasteiger partial charge in [-0.15, -0.1) is 10.2 Å². The quantitative estimate of drug-likeness (QED) is 0.0752. The van der Waals surface area contributed by atoms with Gasteiger partial charge in [-0.25, -0.2) is 29.9 Å². The van der Waals surface area contributed by atoms with Gasteiger partial charge in [-0.1, -0.05) is 29.3 Å². The molecule has 0 saturated heterocycles. The van der Waals surface area contributed by atoms with Crippen LogP contribution in [0.4, 0.5) is 22.9 Å². The average Bonchev–Trinajstić information content (AvgIpc) is 3.43. The smallest absolute Gasteiger partial charge is 0.748 e. The summed E-state index contributed by atoms with van der Waals surface area (Å²) in [7, 11) is -14.3. The van der Waals surface area contributed by atoms with Crippen LogP contribution >= 0.6 is 23.2 Å². The van der Waals surface area contributed by atoms with E-state index in [2.05, 4.69) is 20.6 Å². The van der Waals surface area contributed by atoms with Crippen LogP contribution in [0.2, 0.25) is 10.0 Å². The Hall–Kier alpha value is 0.449. The number of carbonyl (C=O) groups is 1. The monoisotopic (exact) mass is 899 g/mol. The Morgan fingerprint density at radius 3 is 2.09 bits per heavy atom. The molecule has 1 aromatic heterocycles. The summed E-state index contributed by atoms with van der Waals surface area (Å²) in [4.78, 5) is 13.6. The van der Waals surface area contributed by atoms with Crippen molar-refractivity contribution in [1.29, 1.82) is 5.26 Å². The van der Waals surface area contributed by atoms with E-state index in [-0.39, 0.29) is 211 Å². The third-order valence-corrected chi connectivity index (χ3v) is 9.80. The van der Waals surface area contributed by atoms with Gasteiger partial charge in [0.2, 0.25) is 0 Å². The first-order chi connectivity index (χ1) is 23.3. The molecule has 25 heteroatoms. The topological polar surface area (TPSA) is 270 Å². The predicted molar refractivity (Wildman–Crippen MR) is 176 cm³/mol. The minimum atomic E-state index is -4.94. The number of rotatable bonds is 13. The van der Waals surface area contributed by atoms with E-state index >= 15 is 0 Å². The van der Waals surface area contributed by atoms with Crippen LogP contribution in [-0.4, -0.2) is 73.4 Å². The van der Waals surface area contributed by atoms with E-state index < -0.39 is 51.8 Å². The van der Waals surface area contributed by atoms with Crippen molar-refractivity contribution in [3.05, 3.63) is 82.0 Å². The minimum absolute atomic E-state index is 0. The number of aromatic nitrogens is 2. The second-order valence-corrected chi connectivity index (χ2v) is 15.2. The van der Waals surface area contributed by atoms with E-state index in [9.17, 15) is 49.0 Å². The zero-order valence-electron chi connectivity index (χ0n) is 28.3. The SMILES string of the molecule is CCN(CCCS(=O)(=O)[O-])c1ccc(N=Nc2c(C#N)cnn2-c2c(Cl)cc(S(=O)(=O)[O-])cc2Cl)c(NC(=O)c2cccc(S(=O)(=O)[O-])c2)c1.[K+].[K+].[K+]. The molecule has 0 aliphatic rings. The van der Waals surface area contributed by atoms with Crippen molar-refractivity contribution in [2.24, 2.45) is 10.2 Å². The summed E-state index contributed by atoms with van der Waals surface area (Å²) < 4.78 is 103. The number of nitriles is 1. The van der Waals surface area contributed by atoms with Gasteiger partial charge in [0.25, 0.3) is 5.91 Å². The largest absolute Gasteiger partial charge is 1.00 e. The van der Waals surface area contributed by atoms with E-state index in [0.29, 0.717) is 12.2 Å². The zero-order valence-corrected chi connectivity index (χ0v) is 41.7. The normalized spacial score (nSPS) is 11.5. The summed E-state index contributed by atoms with van der Waals surface area (Å²) in [6.07, 6.45) is 1.08. The summed E-state index contributed by atoms with van der Waals surface area (Å²) in [5.74, 6) is -1.73. The number of azo groups is 1. The van der Waals surface area contributed by atoms with Crippen molar-refractivity contribution >= 4 is 82.3 Å². The van der Waals surface area contributed by atoms with Crippen LogP contribution in [-0.2, 0) is 30.4 Å². The fourth-order valence-corrected chi connectivity index (χ4v) is 6.77. The van der Waals surface area contributed by atoms with E-state index in [0.717, 1.165) is 35.1 Å². The van der Waals surface area contributed by atoms with Crippen molar-refractivity contribution in [2.75, 3.05) is 29.1 Å². The van der Waals surface area contributed by atoms with E-state index in [4.69, 9.17) is 23.2 Å². The Balaban J connectivity index is 0.00000468. The fourth-order valence-electron chi connectivity index (χ4n) is 4.47. The van der Waals surface area contributed by atoms with Gasteiger partial charge in [0.15, 0.2) is 5.82 Å². The van der Waals surface area contributed by atoms with Crippen molar-refractivity contribution in [3.63, 3.8) is 0 Å². The second kappa shape index (κ2) is 22.0. The van der Waals surface area contributed by atoms with E-state index in [1.165, 1.54) is 24.3 Å². The van der Waals surface area contributed by atoms with Crippen LogP contribution in [0.5, 0.6) is 0 Å². The summed E-state index contributed by atoms with van der Waals surface area (Å²) in [5, 5.41) is 23.9. The number of hydrogen-bond acceptors (Lipinski definition) is 15. The molecule has 264 valence electrons. The molecule has 1 N–H and O–H groups in total. The van der Waals surface area contributed by atoms with Crippen LogP contribution in [0, 0.1) is 11.3 Å². The second-order valence-electron chi connectivity index (χ2n) is 10.1. The van der Waals surface area contributed by atoms with Crippen LogP contribution in [0.3, 0.4) is 0 Å². The van der Waals surface area contributed by atoms with Crippen molar-refractivity contribution in [2.45, 2.75) is 23.1 Å². The number of halogens is 2. The number of nitrogens with zero attached hydrogens (tertiary/aromatic N) is 6. The van der Waals surface area contributed by atoms with Crippen molar-refractivity contribution in [3.8, 4) is 11.8 Å². The van der Waals surface area contributed by atoms with Gasteiger partial charge in [-0.05, 0) is 61.9 Å². The number of carbonyl (C=O) groups excluding carboxylic acids is 1. The summed E-state index contributed by atoms with van der Waals surface area (Å²) in [6, 6.07) is 12.3. The fraction of sp³-hybridized carbons (Fsp3) is 0.179. The molecule has 0 saturated carbocycles. The maximum atomic E-state index is 13.3. The van der Waals surface area contributed by atoms with Gasteiger partial charge in [0.05, 0.1) is 41.8 Å². The molecule has 0 atom stereocenters. The molecule has 17 nitrogen and oxygen atoms in total. The van der Waals surface area contributed by atoms with Gasteiger partial charge in [0.1, 0.15) is 43.2 Å². The molecule has 0 unspecified atom stereocenters. The number of anilines is 2. The molecule has 1 heterocycles. The van der Waals surface area contributed by atoms with Gasteiger partial charge >= 0.3 is 154 Å². The molecule has 0 spiro atoms. The molecular weight excluding hydrogens is 879 g/mol. The first-order valence-electron chi connectivity index (χ1n) is 13.9. The molecule has 0 radical (unpaired) electrons. The standard InChI is InChI=1S/C28H25Cl2N7O10S3.3K/c1-2-36(9-4-10-48(39,40)41)19-7-8-24(25(12-19)33-28(38)17-5-3-6-20(11-17)49(42,43)44)34-35-27-18(15-31)16-32-37(27)26-22(29)13-21(14-23(26)30)50(45,46)47;;;/h3,5-8,11-14,16H,2,4,9-10H2,1H3,(H,33,38)(H,39,40,41)(H,42,43,44)(H,45,46,47);;;/q;3*+1/p-3. The van der Waals surface area contributed by atoms with Crippen molar-refractivity contribution in [1.82, 2.24) is 9.78 Å². The Labute approximate surface area is 442 Å². The minimum Gasteiger partial charge on any atom is -0.748 e. The van der Waals surface area contributed by atoms with Crippen molar-refractivity contribution < 1.29 is 198 Å². The molecule has 0 fully saturated rings. The number of nitrogens with one attached hydrogen (secondary N) is 1.